The molecule has 3 aromatic rings. The van der Waals surface area contributed by atoms with Gasteiger partial charge in [0.1, 0.15) is 30.0 Å². The van der Waals surface area contributed by atoms with E-state index in [0.29, 0.717) is 37.3 Å². The van der Waals surface area contributed by atoms with Gasteiger partial charge >= 0.3 is 0 Å². The first-order valence-electron chi connectivity index (χ1n) is 13.2. The Morgan fingerprint density at radius 2 is 1.61 bits per heavy atom. The predicted octanol–water partition coefficient (Wildman–Crippen LogP) is 4.18. The molecule has 6 rings (SSSR count). The zero-order valence-electron chi connectivity index (χ0n) is 21.2. The van der Waals surface area contributed by atoms with E-state index in [1.54, 1.807) is 11.0 Å². The smallest absolute Gasteiger partial charge is 0.255 e. The maximum Gasteiger partial charge on any atom is 0.255 e. The third-order valence-corrected chi connectivity index (χ3v) is 7.56. The van der Waals surface area contributed by atoms with E-state index in [-0.39, 0.29) is 30.0 Å². The number of carbonyl (C=O) groups excluding carboxylic acids is 3. The van der Waals surface area contributed by atoms with Crippen molar-refractivity contribution in [2.45, 2.75) is 51.1 Å². The first-order chi connectivity index (χ1) is 18.5. The summed E-state index contributed by atoms with van der Waals surface area (Å²) in [7, 11) is 0. The van der Waals surface area contributed by atoms with Crippen LogP contribution in [0.15, 0.2) is 72.8 Å². The molecule has 1 saturated carbocycles. The van der Waals surface area contributed by atoms with Gasteiger partial charge < -0.3 is 14.4 Å². The number of nitrogens with zero attached hydrogens (tertiary/aromatic N) is 2. The van der Waals surface area contributed by atoms with E-state index in [1.165, 1.54) is 5.56 Å². The van der Waals surface area contributed by atoms with E-state index in [1.807, 2.05) is 42.5 Å². The molecule has 194 valence electrons. The fraction of sp³-hybridized carbons (Fsp3) is 0.323. The van der Waals surface area contributed by atoms with Gasteiger partial charge in [-0.3, -0.25) is 19.3 Å². The zero-order valence-corrected chi connectivity index (χ0v) is 21.2. The van der Waals surface area contributed by atoms with E-state index in [4.69, 9.17) is 9.47 Å². The molecule has 0 N–H and O–H groups in total. The zero-order chi connectivity index (χ0) is 26.1. The Balaban J connectivity index is 1.02. The summed E-state index contributed by atoms with van der Waals surface area (Å²) >= 11 is 0. The lowest BCUT2D eigenvalue weighted by atomic mass is 9.92. The standard InChI is InChI=1S/C31H30N2O5/c34-23-13-14-28(29(35)15-23)33-19-27-26(31(33)36)7-4-8-30(27)37-20-22-11-9-21(10-12-22)16-32-17-25(18-32)38-24-5-2-1-3-6-24/h1-12,25,28H,13-20H2. The van der Waals surface area contributed by atoms with Gasteiger partial charge in [-0.1, -0.05) is 48.5 Å². The van der Waals surface area contributed by atoms with Crippen molar-refractivity contribution in [1.82, 2.24) is 9.80 Å². The molecule has 1 saturated heterocycles. The van der Waals surface area contributed by atoms with E-state index in [2.05, 4.69) is 29.2 Å². The van der Waals surface area contributed by atoms with Crippen LogP contribution in [0.2, 0.25) is 0 Å². The summed E-state index contributed by atoms with van der Waals surface area (Å²) in [4.78, 5) is 41.1. The maximum atomic E-state index is 13.0. The van der Waals surface area contributed by atoms with E-state index in [9.17, 15) is 14.4 Å². The van der Waals surface area contributed by atoms with Crippen LogP contribution in [0.4, 0.5) is 0 Å². The number of benzene rings is 3. The number of ketones is 2. The second kappa shape index (κ2) is 10.4. The molecule has 0 aromatic heterocycles. The molecule has 3 aliphatic rings. The van der Waals surface area contributed by atoms with Crippen LogP contribution >= 0.6 is 0 Å². The van der Waals surface area contributed by atoms with E-state index >= 15 is 0 Å². The van der Waals surface area contributed by atoms with Crippen LogP contribution in [-0.2, 0) is 29.3 Å². The molecule has 0 radical (unpaired) electrons. The number of likely N-dealkylation sites (tertiary alicyclic amines) is 1. The molecule has 1 atom stereocenters. The fourth-order valence-electron chi connectivity index (χ4n) is 5.48. The van der Waals surface area contributed by atoms with Gasteiger partial charge in [0.2, 0.25) is 0 Å². The summed E-state index contributed by atoms with van der Waals surface area (Å²) < 4.78 is 12.1. The lowest BCUT2D eigenvalue weighted by molar-refractivity contribution is -0.133. The molecule has 7 nitrogen and oxygen atoms in total. The minimum Gasteiger partial charge on any atom is -0.489 e. The number of Topliss-reactive ketones (excluding diaryl/α,β-unsaturated/α-hetero) is 2. The summed E-state index contributed by atoms with van der Waals surface area (Å²) in [5, 5.41) is 0. The van der Waals surface area contributed by atoms with Gasteiger partial charge in [0, 0.05) is 37.2 Å². The topological polar surface area (TPSA) is 76.2 Å². The van der Waals surface area contributed by atoms with Gasteiger partial charge in [-0.15, -0.1) is 0 Å². The molecule has 38 heavy (non-hydrogen) atoms. The summed E-state index contributed by atoms with van der Waals surface area (Å²) in [5.41, 5.74) is 3.67. The summed E-state index contributed by atoms with van der Waals surface area (Å²) in [6.07, 6.45) is 0.900. The molecule has 1 amide bonds. The summed E-state index contributed by atoms with van der Waals surface area (Å²) in [5.74, 6) is 1.21. The van der Waals surface area contributed by atoms with Gasteiger partial charge in [-0.05, 0) is 41.8 Å². The van der Waals surface area contributed by atoms with Crippen molar-refractivity contribution < 1.29 is 23.9 Å². The number of rotatable bonds is 8. The highest BCUT2D eigenvalue weighted by Gasteiger charge is 2.40. The van der Waals surface area contributed by atoms with Gasteiger partial charge in [0.25, 0.3) is 5.91 Å². The first kappa shape index (κ1) is 24.4. The van der Waals surface area contributed by atoms with Crippen LogP contribution < -0.4 is 9.47 Å². The number of hydrogen-bond acceptors (Lipinski definition) is 6. The highest BCUT2D eigenvalue weighted by Crippen LogP contribution is 2.34. The summed E-state index contributed by atoms with van der Waals surface area (Å²) in [6.45, 7) is 3.43. The van der Waals surface area contributed by atoms with Crippen molar-refractivity contribution in [3.8, 4) is 11.5 Å². The highest BCUT2D eigenvalue weighted by atomic mass is 16.5. The van der Waals surface area contributed by atoms with Crippen LogP contribution in [0.25, 0.3) is 0 Å². The van der Waals surface area contributed by atoms with Crippen LogP contribution in [0.1, 0.15) is 46.3 Å². The number of fused-ring (bicyclic) bond motifs is 1. The van der Waals surface area contributed by atoms with Gasteiger partial charge in [-0.2, -0.15) is 0 Å². The van der Waals surface area contributed by atoms with Gasteiger partial charge in [-0.25, -0.2) is 0 Å². The lowest BCUT2D eigenvalue weighted by Crippen LogP contribution is -2.53. The van der Waals surface area contributed by atoms with Crippen molar-refractivity contribution in [2.75, 3.05) is 13.1 Å². The Morgan fingerprint density at radius 3 is 2.37 bits per heavy atom. The van der Waals surface area contributed by atoms with Crippen molar-refractivity contribution in [3.05, 3.63) is 95.1 Å². The molecular weight excluding hydrogens is 480 g/mol. The van der Waals surface area contributed by atoms with Crippen LogP contribution in [0, 0.1) is 0 Å². The van der Waals surface area contributed by atoms with Crippen molar-refractivity contribution >= 4 is 17.5 Å². The SMILES string of the molecule is O=C1CCC(N2Cc3c(OCc4ccc(CN5CC(Oc6ccccc6)C5)cc4)cccc3C2=O)C(=O)C1. The number of hydrogen-bond donors (Lipinski definition) is 0. The molecule has 0 bridgehead atoms. The number of carbonyl (C=O) groups is 3. The number of amides is 1. The Kier molecular flexibility index (Phi) is 6.68. The minimum atomic E-state index is -0.528. The number of para-hydroxylation sites is 1. The molecule has 2 aliphatic heterocycles. The van der Waals surface area contributed by atoms with Crippen molar-refractivity contribution in [2.24, 2.45) is 0 Å². The second-order valence-electron chi connectivity index (χ2n) is 10.3. The Labute approximate surface area is 222 Å². The van der Waals surface area contributed by atoms with E-state index in [0.717, 1.165) is 36.5 Å². The Hall–Kier alpha value is -3.97. The average molecular weight is 511 g/mol. The summed E-state index contributed by atoms with van der Waals surface area (Å²) in [6, 6.07) is 23.3. The first-order valence-corrected chi connectivity index (χ1v) is 13.2. The third kappa shape index (κ3) is 5.07. The molecule has 2 heterocycles. The van der Waals surface area contributed by atoms with E-state index < -0.39 is 6.04 Å². The fourth-order valence-corrected chi connectivity index (χ4v) is 5.48. The van der Waals surface area contributed by atoms with Gasteiger partial charge in [0.15, 0.2) is 5.78 Å². The minimum absolute atomic E-state index is 0.0448. The quantitative estimate of drug-likeness (QED) is 0.424. The Bertz CT molecular complexity index is 1350. The largest absolute Gasteiger partial charge is 0.489 e. The maximum absolute atomic E-state index is 13.0. The third-order valence-electron chi connectivity index (χ3n) is 7.56. The molecule has 3 aromatic carbocycles. The number of ether oxygens (including phenoxy) is 2. The monoisotopic (exact) mass is 510 g/mol. The second-order valence-corrected chi connectivity index (χ2v) is 10.3. The lowest BCUT2D eigenvalue weighted by Gasteiger charge is -2.39. The average Bonchev–Trinajstić information content (AvgIpc) is 3.24. The highest BCUT2D eigenvalue weighted by molar-refractivity contribution is 6.07. The van der Waals surface area contributed by atoms with Gasteiger partial charge in [0.05, 0.1) is 19.0 Å². The Morgan fingerprint density at radius 1 is 0.842 bits per heavy atom. The molecule has 2 fully saturated rings. The van der Waals surface area contributed by atoms with Crippen LogP contribution in [-0.4, -0.2) is 52.5 Å². The van der Waals surface area contributed by atoms with Crippen molar-refractivity contribution in [3.63, 3.8) is 0 Å². The van der Waals surface area contributed by atoms with Crippen LogP contribution in [0.5, 0.6) is 11.5 Å². The van der Waals surface area contributed by atoms with Crippen LogP contribution in [0.3, 0.4) is 0 Å². The predicted molar refractivity (Wildman–Crippen MR) is 141 cm³/mol. The molecule has 1 aliphatic carbocycles. The molecule has 1 unspecified atom stereocenters. The van der Waals surface area contributed by atoms with Crippen molar-refractivity contribution in [1.29, 1.82) is 0 Å². The molecule has 0 spiro atoms. The molecule has 7 heteroatoms. The molecular formula is C31H30N2O5. The normalized spacial score (nSPS) is 19.8.